The predicted molar refractivity (Wildman–Crippen MR) is 81.5 cm³/mol. The number of fused-ring (bicyclic) bond motifs is 1. The molecule has 0 spiro atoms. The molecule has 1 nitrogen and oxygen atoms in total. The van der Waals surface area contributed by atoms with Gasteiger partial charge in [-0.25, -0.2) is 0 Å². The number of thiophene rings is 1. The summed E-state index contributed by atoms with van der Waals surface area (Å²) in [7, 11) is 1.71. The lowest BCUT2D eigenvalue weighted by molar-refractivity contribution is 0.416. The maximum atomic E-state index is 5.44. The van der Waals surface area contributed by atoms with E-state index in [4.69, 9.17) is 4.74 Å². The van der Waals surface area contributed by atoms with Gasteiger partial charge in [0, 0.05) is 20.1 Å². The third-order valence-electron chi connectivity index (χ3n) is 2.89. The highest BCUT2D eigenvalue weighted by Gasteiger charge is 2.14. The number of ether oxygens (including phenoxy) is 1. The fourth-order valence-electron chi connectivity index (χ4n) is 2.02. The van der Waals surface area contributed by atoms with Gasteiger partial charge in [0.25, 0.3) is 0 Å². The summed E-state index contributed by atoms with van der Waals surface area (Å²) in [6.45, 7) is 0. The highest BCUT2D eigenvalue weighted by molar-refractivity contribution is 9.10. The summed E-state index contributed by atoms with van der Waals surface area (Å²) in [6, 6.07) is 16.5. The first-order valence-electron chi connectivity index (χ1n) is 5.61. The van der Waals surface area contributed by atoms with Gasteiger partial charge in [-0.05, 0) is 34.1 Å². The van der Waals surface area contributed by atoms with Crippen LogP contribution in [0, 0.1) is 0 Å². The minimum atomic E-state index is 0.907. The highest BCUT2D eigenvalue weighted by atomic mass is 79.9. The molecule has 0 bridgehead atoms. The summed E-state index contributed by atoms with van der Waals surface area (Å²) in [5, 5.41) is 1.25. The second-order valence-corrected chi connectivity index (χ2v) is 5.79. The first kappa shape index (κ1) is 11.8. The van der Waals surface area contributed by atoms with E-state index in [0.717, 1.165) is 15.8 Å². The van der Waals surface area contributed by atoms with Crippen LogP contribution in [0.25, 0.3) is 20.5 Å². The largest absolute Gasteiger partial charge is 0.496 e. The maximum absolute atomic E-state index is 5.44. The number of methoxy groups -OCH3 is 1. The van der Waals surface area contributed by atoms with E-state index >= 15 is 0 Å². The Kier molecular flexibility index (Phi) is 3.10. The van der Waals surface area contributed by atoms with Crippen molar-refractivity contribution >= 4 is 37.4 Å². The van der Waals surface area contributed by atoms with Gasteiger partial charge < -0.3 is 4.74 Å². The third-order valence-corrected chi connectivity index (χ3v) is 5.18. The molecule has 0 N–H and O–H groups in total. The molecule has 3 heteroatoms. The molecule has 3 rings (SSSR count). The van der Waals surface area contributed by atoms with Crippen LogP contribution in [0.2, 0.25) is 0 Å². The SMILES string of the molecule is COc1ccccc1-c1sc2ccccc2c1Br. The summed E-state index contributed by atoms with van der Waals surface area (Å²) < 4.78 is 7.87. The Bertz CT molecular complexity index is 703. The van der Waals surface area contributed by atoms with E-state index in [-0.39, 0.29) is 0 Å². The third kappa shape index (κ3) is 1.84. The molecule has 0 fully saturated rings. The number of halogens is 1. The summed E-state index contributed by atoms with van der Waals surface area (Å²) in [6.07, 6.45) is 0. The van der Waals surface area contributed by atoms with E-state index in [1.54, 1.807) is 18.4 Å². The van der Waals surface area contributed by atoms with Gasteiger partial charge in [0.1, 0.15) is 5.75 Å². The van der Waals surface area contributed by atoms with Gasteiger partial charge in [-0.1, -0.05) is 30.3 Å². The number of benzene rings is 2. The molecule has 3 aromatic rings. The van der Waals surface area contributed by atoms with Crippen molar-refractivity contribution in [3.63, 3.8) is 0 Å². The zero-order chi connectivity index (χ0) is 12.5. The quantitative estimate of drug-likeness (QED) is 0.619. The van der Waals surface area contributed by atoms with Crippen molar-refractivity contribution < 1.29 is 4.74 Å². The van der Waals surface area contributed by atoms with Crippen molar-refractivity contribution in [3.05, 3.63) is 53.0 Å². The maximum Gasteiger partial charge on any atom is 0.127 e. The predicted octanol–water partition coefficient (Wildman–Crippen LogP) is 5.34. The molecular weight excluding hydrogens is 308 g/mol. The van der Waals surface area contributed by atoms with Crippen molar-refractivity contribution in [2.45, 2.75) is 0 Å². The second kappa shape index (κ2) is 4.75. The van der Waals surface area contributed by atoms with Gasteiger partial charge in [-0.2, -0.15) is 0 Å². The van der Waals surface area contributed by atoms with Crippen molar-refractivity contribution in [3.8, 4) is 16.2 Å². The van der Waals surface area contributed by atoms with Crippen LogP contribution in [0.4, 0.5) is 0 Å². The number of hydrogen-bond acceptors (Lipinski definition) is 2. The molecule has 0 saturated heterocycles. The average molecular weight is 319 g/mol. The lowest BCUT2D eigenvalue weighted by Gasteiger charge is -2.06. The molecule has 1 aromatic heterocycles. The van der Waals surface area contributed by atoms with Crippen LogP contribution in [0.1, 0.15) is 0 Å². The normalized spacial score (nSPS) is 10.8. The number of para-hydroxylation sites is 1. The fourth-order valence-corrected chi connectivity index (χ4v) is 4.08. The van der Waals surface area contributed by atoms with Crippen molar-refractivity contribution in [2.75, 3.05) is 7.11 Å². The Balaban J connectivity index is 2.28. The summed E-state index contributed by atoms with van der Waals surface area (Å²) >= 11 is 5.49. The van der Waals surface area contributed by atoms with E-state index in [0.29, 0.717) is 0 Å². The molecule has 0 unspecified atom stereocenters. The van der Waals surface area contributed by atoms with Crippen LogP contribution >= 0.6 is 27.3 Å². The van der Waals surface area contributed by atoms with Crippen LogP contribution in [-0.4, -0.2) is 7.11 Å². The van der Waals surface area contributed by atoms with Crippen LogP contribution in [-0.2, 0) is 0 Å². The first-order valence-corrected chi connectivity index (χ1v) is 7.22. The molecule has 0 amide bonds. The van der Waals surface area contributed by atoms with Gasteiger partial charge in [-0.15, -0.1) is 11.3 Å². The van der Waals surface area contributed by atoms with Crippen molar-refractivity contribution in [1.82, 2.24) is 0 Å². The van der Waals surface area contributed by atoms with Gasteiger partial charge >= 0.3 is 0 Å². The van der Waals surface area contributed by atoms with E-state index in [1.165, 1.54) is 15.0 Å². The molecule has 0 aliphatic heterocycles. The fraction of sp³-hybridized carbons (Fsp3) is 0.0667. The monoisotopic (exact) mass is 318 g/mol. The number of rotatable bonds is 2. The molecular formula is C15H11BrOS. The Hall–Kier alpha value is -1.32. The molecule has 0 radical (unpaired) electrons. The van der Waals surface area contributed by atoms with E-state index in [1.807, 2.05) is 18.2 Å². The zero-order valence-electron chi connectivity index (χ0n) is 9.81. The average Bonchev–Trinajstić information content (AvgIpc) is 2.76. The lowest BCUT2D eigenvalue weighted by Crippen LogP contribution is -1.85. The van der Waals surface area contributed by atoms with Gasteiger partial charge in [0.15, 0.2) is 0 Å². The van der Waals surface area contributed by atoms with Crippen LogP contribution in [0.3, 0.4) is 0 Å². The highest BCUT2D eigenvalue weighted by Crippen LogP contribution is 2.44. The Labute approximate surface area is 118 Å². The van der Waals surface area contributed by atoms with E-state index in [2.05, 4.69) is 46.3 Å². The molecule has 1 heterocycles. The topological polar surface area (TPSA) is 9.23 Å². The zero-order valence-corrected chi connectivity index (χ0v) is 12.2. The standard InChI is InChI=1S/C15H11BrOS/c1-17-12-8-4-2-6-10(12)15-14(16)11-7-3-5-9-13(11)18-15/h2-9H,1H3. The summed E-state index contributed by atoms with van der Waals surface area (Å²) in [4.78, 5) is 1.22. The minimum absolute atomic E-state index is 0.907. The van der Waals surface area contributed by atoms with Crippen LogP contribution in [0.15, 0.2) is 53.0 Å². The Morgan fingerprint density at radius 2 is 1.72 bits per heavy atom. The van der Waals surface area contributed by atoms with E-state index < -0.39 is 0 Å². The first-order chi connectivity index (χ1) is 8.81. The smallest absolute Gasteiger partial charge is 0.127 e. The van der Waals surface area contributed by atoms with Crippen molar-refractivity contribution in [1.29, 1.82) is 0 Å². The summed E-state index contributed by atoms with van der Waals surface area (Å²) in [5.74, 6) is 0.907. The molecule has 0 aliphatic carbocycles. The van der Waals surface area contributed by atoms with Crippen molar-refractivity contribution in [2.24, 2.45) is 0 Å². The molecule has 0 saturated carbocycles. The van der Waals surface area contributed by atoms with Gasteiger partial charge in [-0.3, -0.25) is 0 Å². The lowest BCUT2D eigenvalue weighted by atomic mass is 10.1. The molecule has 90 valence electrons. The van der Waals surface area contributed by atoms with Crippen LogP contribution in [0.5, 0.6) is 5.75 Å². The molecule has 0 aliphatic rings. The van der Waals surface area contributed by atoms with E-state index in [9.17, 15) is 0 Å². The molecule has 2 aromatic carbocycles. The van der Waals surface area contributed by atoms with Gasteiger partial charge in [0.2, 0.25) is 0 Å². The molecule has 18 heavy (non-hydrogen) atoms. The Morgan fingerprint density at radius 1 is 1.00 bits per heavy atom. The Morgan fingerprint density at radius 3 is 2.50 bits per heavy atom. The minimum Gasteiger partial charge on any atom is -0.496 e. The van der Waals surface area contributed by atoms with Crippen LogP contribution < -0.4 is 4.74 Å². The number of hydrogen-bond donors (Lipinski definition) is 0. The second-order valence-electron chi connectivity index (χ2n) is 3.94. The summed E-state index contributed by atoms with van der Waals surface area (Å²) in [5.41, 5.74) is 1.13. The van der Waals surface area contributed by atoms with Gasteiger partial charge in [0.05, 0.1) is 12.0 Å². The molecule has 0 atom stereocenters.